The Morgan fingerprint density at radius 3 is 2.44 bits per heavy atom. The zero-order valence-corrected chi connectivity index (χ0v) is 12.2. The molecule has 0 radical (unpaired) electrons. The minimum absolute atomic E-state index is 0.0267. The second-order valence-electron chi connectivity index (χ2n) is 6.39. The average molecular weight is 255 g/mol. The summed E-state index contributed by atoms with van der Waals surface area (Å²) in [6.45, 7) is 10.2. The largest absolute Gasteiger partial charge is 0.355 e. The summed E-state index contributed by atoms with van der Waals surface area (Å²) in [6, 6.07) is -0.424. The number of carbonyl (C=O) groups is 1. The van der Waals surface area contributed by atoms with Gasteiger partial charge in [0.2, 0.25) is 5.91 Å². The zero-order valence-electron chi connectivity index (χ0n) is 12.2. The van der Waals surface area contributed by atoms with Crippen LogP contribution in [-0.4, -0.2) is 43.0 Å². The van der Waals surface area contributed by atoms with Gasteiger partial charge in [-0.25, -0.2) is 0 Å². The molecule has 0 aromatic heterocycles. The third-order valence-electron chi connectivity index (χ3n) is 3.61. The predicted molar refractivity (Wildman–Crippen MR) is 75.3 cm³/mol. The molecule has 106 valence electrons. The van der Waals surface area contributed by atoms with Crippen molar-refractivity contribution in [1.29, 1.82) is 0 Å². The lowest BCUT2D eigenvalue weighted by molar-refractivity contribution is -0.124. The van der Waals surface area contributed by atoms with Crippen LogP contribution in [0.1, 0.15) is 46.5 Å². The Morgan fingerprint density at radius 2 is 1.89 bits per heavy atom. The lowest BCUT2D eigenvalue weighted by Crippen LogP contribution is -2.49. The Morgan fingerprint density at radius 1 is 1.28 bits per heavy atom. The molecule has 1 unspecified atom stereocenters. The summed E-state index contributed by atoms with van der Waals surface area (Å²) >= 11 is 0. The standard InChI is InChI=1S/C14H29N3O/c1-14(2,3)12(15)13(18)16-8-7-11-17-9-5-4-6-10-17/h12H,4-11,15H2,1-3H3,(H,16,18). The number of nitrogens with one attached hydrogen (secondary N) is 1. The molecule has 1 heterocycles. The number of piperidine rings is 1. The SMILES string of the molecule is CC(C)(C)C(N)C(=O)NCCCN1CCCCC1. The number of nitrogens with zero attached hydrogens (tertiary/aromatic N) is 1. The molecular formula is C14H29N3O. The fourth-order valence-electron chi connectivity index (χ4n) is 2.20. The molecule has 0 aromatic carbocycles. The van der Waals surface area contributed by atoms with E-state index in [0.29, 0.717) is 0 Å². The van der Waals surface area contributed by atoms with Crippen LogP contribution in [0, 0.1) is 5.41 Å². The van der Waals surface area contributed by atoms with Crippen LogP contribution < -0.4 is 11.1 Å². The van der Waals surface area contributed by atoms with Crippen LogP contribution in [0.4, 0.5) is 0 Å². The topological polar surface area (TPSA) is 58.4 Å². The molecular weight excluding hydrogens is 226 g/mol. The van der Waals surface area contributed by atoms with Crippen LogP contribution in [0.3, 0.4) is 0 Å². The Hall–Kier alpha value is -0.610. The number of hydrogen-bond acceptors (Lipinski definition) is 3. The molecule has 0 saturated carbocycles. The first-order valence-electron chi connectivity index (χ1n) is 7.17. The number of likely N-dealkylation sites (tertiary alicyclic amines) is 1. The van der Waals surface area contributed by atoms with Crippen molar-refractivity contribution in [3.05, 3.63) is 0 Å². The van der Waals surface area contributed by atoms with Gasteiger partial charge in [-0.15, -0.1) is 0 Å². The van der Waals surface area contributed by atoms with Gasteiger partial charge in [0.15, 0.2) is 0 Å². The van der Waals surface area contributed by atoms with Crippen LogP contribution in [0.15, 0.2) is 0 Å². The normalized spacial score (nSPS) is 19.6. The van der Waals surface area contributed by atoms with Crippen LogP contribution in [0.5, 0.6) is 0 Å². The van der Waals surface area contributed by atoms with Gasteiger partial charge < -0.3 is 16.0 Å². The van der Waals surface area contributed by atoms with Gasteiger partial charge in [-0.05, 0) is 44.3 Å². The molecule has 3 N–H and O–H groups in total. The van der Waals surface area contributed by atoms with Gasteiger partial charge in [0.25, 0.3) is 0 Å². The van der Waals surface area contributed by atoms with Crippen molar-refractivity contribution in [2.24, 2.45) is 11.1 Å². The molecule has 1 aliphatic heterocycles. The minimum Gasteiger partial charge on any atom is -0.355 e. The maximum Gasteiger partial charge on any atom is 0.237 e. The first-order chi connectivity index (χ1) is 8.41. The number of nitrogens with two attached hydrogens (primary N) is 1. The van der Waals surface area contributed by atoms with Crippen LogP contribution in [0.25, 0.3) is 0 Å². The van der Waals surface area contributed by atoms with Gasteiger partial charge in [0.05, 0.1) is 6.04 Å². The average Bonchev–Trinajstić information content (AvgIpc) is 2.33. The van der Waals surface area contributed by atoms with Crippen molar-refractivity contribution in [2.75, 3.05) is 26.2 Å². The first kappa shape index (κ1) is 15.4. The molecule has 0 bridgehead atoms. The number of amides is 1. The molecule has 4 nitrogen and oxygen atoms in total. The molecule has 0 spiro atoms. The fraction of sp³-hybridized carbons (Fsp3) is 0.929. The Balaban J connectivity index is 2.11. The van der Waals surface area contributed by atoms with Gasteiger partial charge in [0.1, 0.15) is 0 Å². The molecule has 1 amide bonds. The van der Waals surface area contributed by atoms with E-state index in [-0.39, 0.29) is 11.3 Å². The van der Waals surface area contributed by atoms with Crippen molar-refractivity contribution in [3.63, 3.8) is 0 Å². The van der Waals surface area contributed by atoms with Crippen molar-refractivity contribution in [3.8, 4) is 0 Å². The van der Waals surface area contributed by atoms with E-state index in [9.17, 15) is 4.79 Å². The lowest BCUT2D eigenvalue weighted by atomic mass is 9.87. The second kappa shape index (κ2) is 7.10. The van der Waals surface area contributed by atoms with E-state index in [1.165, 1.54) is 32.4 Å². The Labute approximate surface area is 111 Å². The minimum atomic E-state index is -0.424. The number of rotatable bonds is 5. The smallest absolute Gasteiger partial charge is 0.237 e. The summed E-state index contributed by atoms with van der Waals surface area (Å²) in [7, 11) is 0. The van der Waals surface area contributed by atoms with Gasteiger partial charge in [0, 0.05) is 6.54 Å². The van der Waals surface area contributed by atoms with Gasteiger partial charge in [-0.2, -0.15) is 0 Å². The Bertz CT molecular complexity index is 254. The highest BCUT2D eigenvalue weighted by molar-refractivity contribution is 5.82. The fourth-order valence-corrected chi connectivity index (χ4v) is 2.20. The lowest BCUT2D eigenvalue weighted by Gasteiger charge is -2.27. The molecule has 0 aliphatic carbocycles. The molecule has 1 saturated heterocycles. The van der Waals surface area contributed by atoms with E-state index in [1.807, 2.05) is 20.8 Å². The van der Waals surface area contributed by atoms with E-state index in [0.717, 1.165) is 19.5 Å². The summed E-state index contributed by atoms with van der Waals surface area (Å²) in [5.41, 5.74) is 5.73. The van der Waals surface area contributed by atoms with Crippen molar-refractivity contribution in [2.45, 2.75) is 52.5 Å². The third-order valence-corrected chi connectivity index (χ3v) is 3.61. The van der Waals surface area contributed by atoms with E-state index in [1.54, 1.807) is 0 Å². The van der Waals surface area contributed by atoms with Crippen LogP contribution >= 0.6 is 0 Å². The molecule has 1 rings (SSSR count). The van der Waals surface area contributed by atoms with Crippen molar-refractivity contribution in [1.82, 2.24) is 10.2 Å². The quantitative estimate of drug-likeness (QED) is 0.729. The second-order valence-corrected chi connectivity index (χ2v) is 6.39. The van der Waals surface area contributed by atoms with Crippen molar-refractivity contribution >= 4 is 5.91 Å². The first-order valence-corrected chi connectivity index (χ1v) is 7.17. The molecule has 1 aliphatic rings. The van der Waals surface area contributed by atoms with Gasteiger partial charge >= 0.3 is 0 Å². The van der Waals surface area contributed by atoms with Crippen LogP contribution in [-0.2, 0) is 4.79 Å². The molecule has 1 fully saturated rings. The molecule has 18 heavy (non-hydrogen) atoms. The van der Waals surface area contributed by atoms with Crippen LogP contribution in [0.2, 0.25) is 0 Å². The summed E-state index contributed by atoms with van der Waals surface area (Å²) < 4.78 is 0. The maximum atomic E-state index is 11.8. The monoisotopic (exact) mass is 255 g/mol. The molecule has 0 aromatic rings. The summed E-state index contributed by atoms with van der Waals surface area (Å²) in [4.78, 5) is 14.3. The predicted octanol–water partition coefficient (Wildman–Crippen LogP) is 1.35. The van der Waals surface area contributed by atoms with Crippen molar-refractivity contribution < 1.29 is 4.79 Å². The summed E-state index contributed by atoms with van der Waals surface area (Å²) in [5, 5.41) is 2.94. The number of carbonyl (C=O) groups excluding carboxylic acids is 1. The highest BCUT2D eigenvalue weighted by Gasteiger charge is 2.26. The van der Waals surface area contributed by atoms with E-state index >= 15 is 0 Å². The van der Waals surface area contributed by atoms with Gasteiger partial charge in [-0.1, -0.05) is 27.2 Å². The van der Waals surface area contributed by atoms with E-state index < -0.39 is 6.04 Å². The van der Waals surface area contributed by atoms with E-state index in [4.69, 9.17) is 5.73 Å². The highest BCUT2D eigenvalue weighted by atomic mass is 16.2. The number of hydrogen-bond donors (Lipinski definition) is 2. The third kappa shape index (κ3) is 5.36. The van der Waals surface area contributed by atoms with Gasteiger partial charge in [-0.3, -0.25) is 4.79 Å². The Kier molecular flexibility index (Phi) is 6.09. The summed E-state index contributed by atoms with van der Waals surface area (Å²) in [6.07, 6.45) is 5.03. The zero-order chi connectivity index (χ0) is 13.6. The van der Waals surface area contributed by atoms with E-state index in [2.05, 4.69) is 10.2 Å². The highest BCUT2D eigenvalue weighted by Crippen LogP contribution is 2.17. The maximum absolute atomic E-state index is 11.8. The summed E-state index contributed by atoms with van der Waals surface area (Å²) in [5.74, 6) is -0.0267. The molecule has 4 heteroatoms. The molecule has 1 atom stereocenters.